The number of alkyl carbamates (subject to hydrolysis) is 1. The molecule has 0 spiro atoms. The van der Waals surface area contributed by atoms with Crippen molar-refractivity contribution in [2.24, 2.45) is 0 Å². The van der Waals surface area contributed by atoms with Crippen molar-refractivity contribution in [1.29, 1.82) is 0 Å². The van der Waals surface area contributed by atoms with Crippen molar-refractivity contribution in [2.45, 2.75) is 64.5 Å². The average Bonchev–Trinajstić information content (AvgIpc) is 2.30. The fourth-order valence-electron chi connectivity index (χ4n) is 1.64. The van der Waals surface area contributed by atoms with Gasteiger partial charge in [-0.1, -0.05) is 0 Å². The predicted molar refractivity (Wildman–Crippen MR) is 62.7 cm³/mol. The third kappa shape index (κ3) is 5.35. The summed E-state index contributed by atoms with van der Waals surface area (Å²) in [5.74, 6) is 0. The zero-order valence-corrected chi connectivity index (χ0v) is 11.0. The molecule has 1 heterocycles. The predicted octanol–water partition coefficient (Wildman–Crippen LogP) is 2.42. The van der Waals surface area contributed by atoms with Crippen LogP contribution in [0, 0.1) is 0 Å². The Labute approximate surface area is 102 Å². The molecular formula is C12H22FNO3. The van der Waals surface area contributed by atoms with Gasteiger partial charge in [-0.15, -0.1) is 0 Å². The van der Waals surface area contributed by atoms with Gasteiger partial charge in [-0.25, -0.2) is 9.18 Å². The summed E-state index contributed by atoms with van der Waals surface area (Å²) in [5, 5.41) is 2.52. The monoisotopic (exact) mass is 247 g/mol. The zero-order valence-electron chi connectivity index (χ0n) is 11.0. The van der Waals surface area contributed by atoms with Gasteiger partial charge in [0.1, 0.15) is 11.8 Å². The first-order valence-corrected chi connectivity index (χ1v) is 6.03. The molecule has 1 saturated heterocycles. The number of halogens is 1. The van der Waals surface area contributed by atoms with Crippen LogP contribution in [-0.2, 0) is 9.47 Å². The lowest BCUT2D eigenvalue weighted by Crippen LogP contribution is -2.46. The van der Waals surface area contributed by atoms with E-state index in [1.165, 1.54) is 0 Å². The summed E-state index contributed by atoms with van der Waals surface area (Å²) >= 11 is 0. The molecule has 1 N–H and O–H groups in total. The fourth-order valence-corrected chi connectivity index (χ4v) is 1.64. The molecule has 0 saturated carbocycles. The van der Waals surface area contributed by atoms with Gasteiger partial charge in [0.2, 0.25) is 0 Å². The van der Waals surface area contributed by atoms with Crippen molar-refractivity contribution in [3.05, 3.63) is 0 Å². The quantitative estimate of drug-likeness (QED) is 0.774. The highest BCUT2D eigenvalue weighted by Crippen LogP contribution is 2.17. The van der Waals surface area contributed by atoms with Gasteiger partial charge in [-0.2, -0.15) is 0 Å². The third-order valence-electron chi connectivity index (χ3n) is 2.55. The van der Waals surface area contributed by atoms with E-state index in [4.69, 9.17) is 9.47 Å². The molecule has 4 nitrogen and oxygen atoms in total. The standard InChI is InChI=1S/C12H22FNO3/c1-8-5-6-9(13)10(7-16-8)14-11(15)17-12(2,3)4/h8-10H,5-7H2,1-4H3,(H,14,15). The molecule has 0 aromatic heterocycles. The number of hydrogen-bond donors (Lipinski definition) is 1. The molecule has 3 unspecified atom stereocenters. The fraction of sp³-hybridized carbons (Fsp3) is 0.917. The Balaban J connectivity index is 2.46. The first-order valence-electron chi connectivity index (χ1n) is 6.03. The average molecular weight is 247 g/mol. The van der Waals surface area contributed by atoms with Crippen molar-refractivity contribution < 1.29 is 18.7 Å². The van der Waals surface area contributed by atoms with E-state index in [1.54, 1.807) is 20.8 Å². The smallest absolute Gasteiger partial charge is 0.408 e. The Morgan fingerprint density at radius 1 is 1.41 bits per heavy atom. The molecule has 1 fully saturated rings. The van der Waals surface area contributed by atoms with Crippen molar-refractivity contribution >= 4 is 6.09 Å². The van der Waals surface area contributed by atoms with Gasteiger partial charge in [0.15, 0.2) is 0 Å². The number of carbonyl (C=O) groups is 1. The summed E-state index contributed by atoms with van der Waals surface area (Å²) in [7, 11) is 0. The number of rotatable bonds is 1. The Morgan fingerprint density at radius 3 is 2.65 bits per heavy atom. The highest BCUT2D eigenvalue weighted by atomic mass is 19.1. The summed E-state index contributed by atoms with van der Waals surface area (Å²) in [5.41, 5.74) is -0.575. The SMILES string of the molecule is CC1CCC(F)C(NC(=O)OC(C)(C)C)CO1. The van der Waals surface area contributed by atoms with Crippen LogP contribution in [0.2, 0.25) is 0 Å². The van der Waals surface area contributed by atoms with Crippen LogP contribution in [0.3, 0.4) is 0 Å². The van der Waals surface area contributed by atoms with Crippen LogP contribution in [0.5, 0.6) is 0 Å². The van der Waals surface area contributed by atoms with Gasteiger partial charge >= 0.3 is 6.09 Å². The van der Waals surface area contributed by atoms with Gasteiger partial charge in [-0.3, -0.25) is 0 Å². The summed E-state index contributed by atoms with van der Waals surface area (Å²) in [4.78, 5) is 11.5. The molecule has 0 aliphatic carbocycles. The third-order valence-corrected chi connectivity index (χ3v) is 2.55. The minimum Gasteiger partial charge on any atom is -0.444 e. The number of hydrogen-bond acceptors (Lipinski definition) is 3. The molecule has 0 bridgehead atoms. The van der Waals surface area contributed by atoms with Gasteiger partial charge in [0, 0.05) is 0 Å². The largest absolute Gasteiger partial charge is 0.444 e. The van der Waals surface area contributed by atoms with E-state index < -0.39 is 23.9 Å². The Morgan fingerprint density at radius 2 is 2.06 bits per heavy atom. The molecule has 1 rings (SSSR count). The molecule has 1 aliphatic rings. The zero-order chi connectivity index (χ0) is 13.1. The lowest BCUT2D eigenvalue weighted by Gasteiger charge is -2.24. The first-order chi connectivity index (χ1) is 7.78. The summed E-state index contributed by atoms with van der Waals surface area (Å²) in [6, 6.07) is -0.616. The maximum absolute atomic E-state index is 13.7. The number of amides is 1. The van der Waals surface area contributed by atoms with Crippen molar-refractivity contribution in [3.63, 3.8) is 0 Å². The second-order valence-electron chi connectivity index (χ2n) is 5.49. The molecule has 100 valence electrons. The van der Waals surface area contributed by atoms with Crippen LogP contribution in [-0.4, -0.2) is 36.6 Å². The van der Waals surface area contributed by atoms with E-state index in [-0.39, 0.29) is 12.7 Å². The molecule has 0 radical (unpaired) electrons. The lowest BCUT2D eigenvalue weighted by atomic mass is 10.1. The summed E-state index contributed by atoms with van der Waals surface area (Å²) in [6.07, 6.45) is -0.551. The van der Waals surface area contributed by atoms with Crippen LogP contribution >= 0.6 is 0 Å². The second kappa shape index (κ2) is 5.67. The van der Waals surface area contributed by atoms with E-state index >= 15 is 0 Å². The van der Waals surface area contributed by atoms with Crippen LogP contribution in [0.1, 0.15) is 40.5 Å². The maximum atomic E-state index is 13.7. The molecule has 1 amide bonds. The normalized spacial score (nSPS) is 30.5. The van der Waals surface area contributed by atoms with Crippen molar-refractivity contribution in [1.82, 2.24) is 5.32 Å². The molecule has 17 heavy (non-hydrogen) atoms. The van der Waals surface area contributed by atoms with Gasteiger partial charge in [0.05, 0.1) is 18.8 Å². The first kappa shape index (κ1) is 14.2. The highest BCUT2D eigenvalue weighted by Gasteiger charge is 2.29. The van der Waals surface area contributed by atoms with E-state index in [0.29, 0.717) is 12.8 Å². The molecule has 5 heteroatoms. The number of ether oxygens (including phenoxy) is 2. The van der Waals surface area contributed by atoms with Crippen molar-refractivity contribution in [3.8, 4) is 0 Å². The Bertz CT molecular complexity index is 265. The number of nitrogens with one attached hydrogen (secondary N) is 1. The minimum atomic E-state index is -1.08. The number of carbonyl (C=O) groups excluding carboxylic acids is 1. The molecule has 0 aromatic rings. The minimum absolute atomic E-state index is 0.0405. The summed E-state index contributed by atoms with van der Waals surface area (Å²) in [6.45, 7) is 7.41. The lowest BCUT2D eigenvalue weighted by molar-refractivity contribution is 0.0319. The van der Waals surface area contributed by atoms with Gasteiger partial charge in [0.25, 0.3) is 0 Å². The van der Waals surface area contributed by atoms with Gasteiger partial charge in [-0.05, 0) is 40.5 Å². The number of alkyl halides is 1. The van der Waals surface area contributed by atoms with Crippen molar-refractivity contribution in [2.75, 3.05) is 6.61 Å². The maximum Gasteiger partial charge on any atom is 0.408 e. The highest BCUT2D eigenvalue weighted by molar-refractivity contribution is 5.68. The van der Waals surface area contributed by atoms with Crippen LogP contribution < -0.4 is 5.32 Å². The molecule has 1 aliphatic heterocycles. The van der Waals surface area contributed by atoms with E-state index in [2.05, 4.69) is 5.32 Å². The van der Waals surface area contributed by atoms with E-state index in [9.17, 15) is 9.18 Å². The molecule has 0 aromatic carbocycles. The summed E-state index contributed by atoms with van der Waals surface area (Å²) < 4.78 is 24.2. The van der Waals surface area contributed by atoms with Crippen LogP contribution in [0.15, 0.2) is 0 Å². The Hall–Kier alpha value is -0.840. The van der Waals surface area contributed by atoms with E-state index in [1.807, 2.05) is 6.92 Å². The molecule has 3 atom stereocenters. The topological polar surface area (TPSA) is 47.6 Å². The Kier molecular flexibility index (Phi) is 4.74. The van der Waals surface area contributed by atoms with E-state index in [0.717, 1.165) is 0 Å². The van der Waals surface area contributed by atoms with Crippen LogP contribution in [0.4, 0.5) is 9.18 Å². The van der Waals surface area contributed by atoms with Gasteiger partial charge < -0.3 is 14.8 Å². The molecular weight excluding hydrogens is 225 g/mol. The van der Waals surface area contributed by atoms with Crippen LogP contribution in [0.25, 0.3) is 0 Å². The second-order valence-corrected chi connectivity index (χ2v) is 5.49.